The monoisotopic (exact) mass is 266 g/mol. The highest BCUT2D eigenvalue weighted by molar-refractivity contribution is 5.82. The molecule has 2 rings (SSSR count). The second-order valence-electron chi connectivity index (χ2n) is 6.90. The number of likely N-dealkylation sites (tertiary alicyclic amines) is 1. The Balaban J connectivity index is 1.88. The van der Waals surface area contributed by atoms with Crippen LogP contribution in [0.15, 0.2) is 0 Å². The summed E-state index contributed by atoms with van der Waals surface area (Å²) in [4.78, 5) is 14.7. The molecule has 2 heterocycles. The number of nitrogens with one attached hydrogen (secondary N) is 1. The fourth-order valence-corrected chi connectivity index (χ4v) is 3.53. The highest BCUT2D eigenvalue weighted by Crippen LogP contribution is 2.25. The van der Waals surface area contributed by atoms with Gasteiger partial charge in [0.2, 0.25) is 5.91 Å². The van der Waals surface area contributed by atoms with Gasteiger partial charge in [-0.2, -0.15) is 0 Å². The van der Waals surface area contributed by atoms with Gasteiger partial charge in [-0.05, 0) is 56.4 Å². The molecular formula is C16H30N2O. The Morgan fingerprint density at radius 1 is 1.21 bits per heavy atom. The lowest BCUT2D eigenvalue weighted by Gasteiger charge is -2.32. The van der Waals surface area contributed by atoms with Crippen molar-refractivity contribution in [1.29, 1.82) is 0 Å². The summed E-state index contributed by atoms with van der Waals surface area (Å²) >= 11 is 0. The number of hydrogen-bond donors (Lipinski definition) is 1. The third kappa shape index (κ3) is 3.95. The molecule has 2 aliphatic heterocycles. The molecule has 3 atom stereocenters. The van der Waals surface area contributed by atoms with E-state index in [1.165, 1.54) is 25.7 Å². The van der Waals surface area contributed by atoms with Crippen molar-refractivity contribution in [2.24, 2.45) is 17.8 Å². The van der Waals surface area contributed by atoms with Gasteiger partial charge in [-0.25, -0.2) is 0 Å². The molecule has 0 aliphatic carbocycles. The number of piperidine rings is 1. The first-order valence-electron chi connectivity index (χ1n) is 8.10. The summed E-state index contributed by atoms with van der Waals surface area (Å²) in [5.41, 5.74) is 0. The van der Waals surface area contributed by atoms with E-state index in [1.807, 2.05) is 0 Å². The van der Waals surface area contributed by atoms with Crippen molar-refractivity contribution in [3.05, 3.63) is 0 Å². The van der Waals surface area contributed by atoms with E-state index < -0.39 is 0 Å². The highest BCUT2D eigenvalue weighted by atomic mass is 16.2. The predicted octanol–water partition coefficient (Wildman–Crippen LogP) is 2.66. The number of hydrogen-bond acceptors (Lipinski definition) is 2. The molecule has 0 radical (unpaired) electrons. The summed E-state index contributed by atoms with van der Waals surface area (Å²) in [6.07, 6.45) is 5.88. The lowest BCUT2D eigenvalue weighted by molar-refractivity contribution is -0.134. The maximum atomic E-state index is 12.6. The van der Waals surface area contributed by atoms with E-state index in [2.05, 4.69) is 31.0 Å². The number of nitrogens with zero attached hydrogens (tertiary/aromatic N) is 1. The van der Waals surface area contributed by atoms with Crippen LogP contribution in [-0.2, 0) is 4.79 Å². The Kier molecular flexibility index (Phi) is 5.26. The molecule has 0 aromatic carbocycles. The smallest absolute Gasteiger partial charge is 0.239 e. The van der Waals surface area contributed by atoms with Crippen LogP contribution in [0.3, 0.4) is 0 Å². The first-order valence-corrected chi connectivity index (χ1v) is 8.10. The minimum Gasteiger partial charge on any atom is -0.341 e. The molecule has 1 N–H and O–H groups in total. The second kappa shape index (κ2) is 6.74. The maximum Gasteiger partial charge on any atom is 0.239 e. The van der Waals surface area contributed by atoms with E-state index in [1.54, 1.807) is 0 Å². The zero-order valence-electron chi connectivity index (χ0n) is 12.8. The molecule has 0 spiro atoms. The second-order valence-corrected chi connectivity index (χ2v) is 6.90. The maximum absolute atomic E-state index is 12.6. The lowest BCUT2D eigenvalue weighted by Crippen LogP contribution is -2.50. The van der Waals surface area contributed by atoms with Crippen molar-refractivity contribution in [3.8, 4) is 0 Å². The van der Waals surface area contributed by atoms with E-state index in [4.69, 9.17) is 0 Å². The zero-order chi connectivity index (χ0) is 13.8. The van der Waals surface area contributed by atoms with E-state index in [0.717, 1.165) is 37.9 Å². The van der Waals surface area contributed by atoms with Gasteiger partial charge in [-0.15, -0.1) is 0 Å². The largest absolute Gasteiger partial charge is 0.341 e. The summed E-state index contributed by atoms with van der Waals surface area (Å²) < 4.78 is 0. The molecule has 3 unspecified atom stereocenters. The van der Waals surface area contributed by atoms with Crippen molar-refractivity contribution in [2.75, 3.05) is 19.6 Å². The van der Waals surface area contributed by atoms with E-state index in [9.17, 15) is 4.79 Å². The summed E-state index contributed by atoms with van der Waals surface area (Å²) in [6.45, 7) is 9.82. The molecule has 0 aromatic rings. The molecule has 2 fully saturated rings. The van der Waals surface area contributed by atoms with Gasteiger partial charge in [-0.1, -0.05) is 20.8 Å². The molecule has 2 aliphatic rings. The fourth-order valence-electron chi connectivity index (χ4n) is 3.53. The molecule has 0 bridgehead atoms. The van der Waals surface area contributed by atoms with Crippen LogP contribution in [0, 0.1) is 17.8 Å². The molecular weight excluding hydrogens is 236 g/mol. The quantitative estimate of drug-likeness (QED) is 0.833. The first kappa shape index (κ1) is 14.8. The van der Waals surface area contributed by atoms with Crippen LogP contribution >= 0.6 is 0 Å². The van der Waals surface area contributed by atoms with Crippen LogP contribution in [0.5, 0.6) is 0 Å². The third-order valence-corrected chi connectivity index (χ3v) is 4.99. The van der Waals surface area contributed by atoms with Crippen molar-refractivity contribution in [3.63, 3.8) is 0 Å². The Morgan fingerprint density at radius 2 is 2.00 bits per heavy atom. The topological polar surface area (TPSA) is 32.3 Å². The van der Waals surface area contributed by atoms with Crippen LogP contribution in [-0.4, -0.2) is 36.5 Å². The molecule has 0 aromatic heterocycles. The van der Waals surface area contributed by atoms with Crippen LogP contribution in [0.1, 0.15) is 52.9 Å². The Hall–Kier alpha value is -0.570. The van der Waals surface area contributed by atoms with Crippen molar-refractivity contribution < 1.29 is 4.79 Å². The average molecular weight is 266 g/mol. The highest BCUT2D eigenvalue weighted by Gasteiger charge is 2.30. The Labute approximate surface area is 118 Å². The number of carbonyl (C=O) groups is 1. The van der Waals surface area contributed by atoms with E-state index in [-0.39, 0.29) is 6.04 Å². The van der Waals surface area contributed by atoms with E-state index in [0.29, 0.717) is 11.8 Å². The van der Waals surface area contributed by atoms with Crippen molar-refractivity contribution in [1.82, 2.24) is 10.2 Å². The summed E-state index contributed by atoms with van der Waals surface area (Å²) in [6, 6.07) is 0.0827. The Bertz CT molecular complexity index is 303. The molecule has 0 saturated carbocycles. The van der Waals surface area contributed by atoms with E-state index >= 15 is 0 Å². The van der Waals surface area contributed by atoms with Gasteiger partial charge < -0.3 is 10.2 Å². The van der Waals surface area contributed by atoms with Crippen LogP contribution in [0.2, 0.25) is 0 Å². The average Bonchev–Trinajstić information content (AvgIpc) is 2.63. The molecule has 2 saturated heterocycles. The number of rotatable bonds is 2. The van der Waals surface area contributed by atoms with Gasteiger partial charge in [0.15, 0.2) is 0 Å². The van der Waals surface area contributed by atoms with Gasteiger partial charge in [0.05, 0.1) is 6.04 Å². The first-order chi connectivity index (χ1) is 9.08. The van der Waals surface area contributed by atoms with Gasteiger partial charge in [0.25, 0.3) is 0 Å². The molecule has 3 heteroatoms. The van der Waals surface area contributed by atoms with Gasteiger partial charge in [0.1, 0.15) is 0 Å². The van der Waals surface area contributed by atoms with Crippen molar-refractivity contribution >= 4 is 5.91 Å². The predicted molar refractivity (Wildman–Crippen MR) is 78.9 cm³/mol. The third-order valence-electron chi connectivity index (χ3n) is 4.99. The minimum atomic E-state index is 0.0827. The summed E-state index contributed by atoms with van der Waals surface area (Å²) in [5.74, 6) is 2.60. The minimum absolute atomic E-state index is 0.0827. The summed E-state index contributed by atoms with van der Waals surface area (Å²) in [5, 5.41) is 3.41. The summed E-state index contributed by atoms with van der Waals surface area (Å²) in [7, 11) is 0. The van der Waals surface area contributed by atoms with Gasteiger partial charge in [0, 0.05) is 13.1 Å². The molecule has 3 nitrogen and oxygen atoms in total. The SMILES string of the molecule is CC1CCNC(C(=O)N2CCCC(C(C)C)CC2)C1. The van der Waals surface area contributed by atoms with Crippen LogP contribution < -0.4 is 5.32 Å². The number of carbonyl (C=O) groups excluding carboxylic acids is 1. The van der Waals surface area contributed by atoms with Gasteiger partial charge >= 0.3 is 0 Å². The standard InChI is InChI=1S/C16H30N2O/c1-12(2)14-5-4-9-18(10-7-14)16(19)15-11-13(3)6-8-17-15/h12-15,17H,4-11H2,1-3H3. The Morgan fingerprint density at radius 3 is 2.68 bits per heavy atom. The van der Waals surface area contributed by atoms with Gasteiger partial charge in [-0.3, -0.25) is 4.79 Å². The molecule has 110 valence electrons. The zero-order valence-corrected chi connectivity index (χ0v) is 12.8. The van der Waals surface area contributed by atoms with Crippen LogP contribution in [0.4, 0.5) is 0 Å². The van der Waals surface area contributed by atoms with Crippen LogP contribution in [0.25, 0.3) is 0 Å². The lowest BCUT2D eigenvalue weighted by atomic mass is 9.89. The van der Waals surface area contributed by atoms with Crippen molar-refractivity contribution in [2.45, 2.75) is 58.9 Å². The molecule has 19 heavy (non-hydrogen) atoms. The normalized spacial score (nSPS) is 33.3. The number of amides is 1. The molecule has 1 amide bonds. The fraction of sp³-hybridized carbons (Fsp3) is 0.938.